The van der Waals surface area contributed by atoms with Crippen LogP contribution < -0.4 is 20.5 Å². The number of nitrogens with one attached hydrogen (secondary N) is 1. The van der Waals surface area contributed by atoms with E-state index in [9.17, 15) is 20.1 Å². The Kier molecular flexibility index (Phi) is 9.34. The van der Waals surface area contributed by atoms with Crippen LogP contribution in [0.25, 0.3) is 0 Å². The van der Waals surface area contributed by atoms with E-state index in [1.807, 2.05) is 54.6 Å². The molecule has 1 fully saturated rings. The van der Waals surface area contributed by atoms with Gasteiger partial charge < -0.3 is 34.8 Å². The third-order valence-electron chi connectivity index (χ3n) is 9.48. The number of methoxy groups -OCH3 is 2. The van der Waals surface area contributed by atoms with E-state index in [2.05, 4.69) is 5.32 Å². The molecule has 1 saturated heterocycles. The van der Waals surface area contributed by atoms with Gasteiger partial charge in [-0.3, -0.25) is 15.4 Å². The normalized spacial score (nSPS) is 25.8. The summed E-state index contributed by atoms with van der Waals surface area (Å²) < 4.78 is 17.3. The number of Topliss-reactive ketones (excluding diaryl/α,β-unsaturated/α-hetero) is 1. The standard InChI is InChI=1S/C38H39N3O7S/c1-36(45)32(43)30(48-34(36)41-23-22-37(39,40-35(41)49)31(42)24-10-6-4-7-11-24)33(44)38(25-12-8-5-9-13-25,26-14-18-28(46-2)19-15-26)27-16-20-29(47-3)21-17-27/h4-23,30,32-34,43-45H,39H2,1-3H3,(H,40,49)/t30-,32+,33?,34+,36+,37?/m0/s1. The Morgan fingerprint density at radius 1 is 0.898 bits per heavy atom. The molecule has 6 N–H and O–H groups in total. The molecule has 2 unspecified atom stereocenters. The number of hydrogen-bond donors (Lipinski definition) is 5. The molecule has 4 aromatic carbocycles. The van der Waals surface area contributed by atoms with Gasteiger partial charge in [0, 0.05) is 11.8 Å². The first-order chi connectivity index (χ1) is 23.5. The van der Waals surface area contributed by atoms with Crippen molar-refractivity contribution in [2.45, 2.75) is 48.1 Å². The number of carbonyl (C=O) groups excluding carboxylic acids is 1. The molecule has 6 rings (SSSR count). The number of nitrogens with two attached hydrogens (primary N) is 1. The largest absolute Gasteiger partial charge is 0.497 e. The maximum atomic E-state index is 13.3. The first-order valence-electron chi connectivity index (χ1n) is 15.7. The van der Waals surface area contributed by atoms with Gasteiger partial charge in [0.2, 0.25) is 5.78 Å². The van der Waals surface area contributed by atoms with Gasteiger partial charge in [0.1, 0.15) is 35.4 Å². The number of aliphatic hydroxyl groups excluding tert-OH is 2. The van der Waals surface area contributed by atoms with Crippen molar-refractivity contribution in [1.82, 2.24) is 10.2 Å². The van der Waals surface area contributed by atoms with Crippen molar-refractivity contribution in [3.05, 3.63) is 144 Å². The van der Waals surface area contributed by atoms with E-state index in [0.29, 0.717) is 33.8 Å². The van der Waals surface area contributed by atoms with Crippen LogP contribution >= 0.6 is 12.2 Å². The molecule has 0 bridgehead atoms. The number of benzene rings is 4. The van der Waals surface area contributed by atoms with Crippen molar-refractivity contribution in [3.8, 4) is 11.5 Å². The molecule has 2 heterocycles. The van der Waals surface area contributed by atoms with Crippen molar-refractivity contribution in [3.63, 3.8) is 0 Å². The van der Waals surface area contributed by atoms with Gasteiger partial charge in [0.05, 0.1) is 19.6 Å². The first-order valence-corrected chi connectivity index (χ1v) is 16.2. The van der Waals surface area contributed by atoms with E-state index in [1.165, 1.54) is 24.1 Å². The number of carbonyl (C=O) groups is 1. The molecule has 0 amide bonds. The van der Waals surface area contributed by atoms with Crippen LogP contribution in [0.2, 0.25) is 0 Å². The van der Waals surface area contributed by atoms with Crippen molar-refractivity contribution >= 4 is 23.1 Å². The Hall–Kier alpha value is -4.62. The highest BCUT2D eigenvalue weighted by atomic mass is 32.1. The molecular weight excluding hydrogens is 642 g/mol. The number of rotatable bonds is 10. The highest BCUT2D eigenvalue weighted by Gasteiger charge is 2.61. The Morgan fingerprint density at radius 2 is 1.39 bits per heavy atom. The number of thiocarbonyl (C=S) groups is 1. The van der Waals surface area contributed by atoms with E-state index < -0.39 is 47.0 Å². The maximum absolute atomic E-state index is 13.3. The lowest BCUT2D eigenvalue weighted by Crippen LogP contribution is -2.67. The van der Waals surface area contributed by atoms with E-state index in [0.717, 1.165) is 0 Å². The molecule has 0 spiro atoms. The summed E-state index contributed by atoms with van der Waals surface area (Å²) in [6, 6.07) is 32.6. The summed E-state index contributed by atoms with van der Waals surface area (Å²) in [5.41, 5.74) is 3.97. The van der Waals surface area contributed by atoms with E-state index in [4.69, 9.17) is 32.2 Å². The predicted octanol–water partition coefficient (Wildman–Crippen LogP) is 3.48. The van der Waals surface area contributed by atoms with Gasteiger partial charge in [0.15, 0.2) is 17.0 Å². The molecule has 0 aromatic heterocycles. The average molecular weight is 682 g/mol. The van der Waals surface area contributed by atoms with Crippen LogP contribution in [0.15, 0.2) is 121 Å². The van der Waals surface area contributed by atoms with Crippen LogP contribution in [0.3, 0.4) is 0 Å². The number of nitrogens with zero attached hydrogens (tertiary/aromatic N) is 1. The molecule has 0 radical (unpaired) electrons. The Morgan fingerprint density at radius 3 is 1.88 bits per heavy atom. The minimum absolute atomic E-state index is 0.0125. The second-order valence-electron chi connectivity index (χ2n) is 12.4. The van der Waals surface area contributed by atoms with Crippen LogP contribution in [0, 0.1) is 0 Å². The topological polar surface area (TPSA) is 147 Å². The monoisotopic (exact) mass is 681 g/mol. The molecule has 0 aliphatic carbocycles. The molecule has 0 saturated carbocycles. The molecule has 11 heteroatoms. The summed E-state index contributed by atoms with van der Waals surface area (Å²) in [5, 5.41) is 39.3. The minimum atomic E-state index is -1.96. The quantitative estimate of drug-likeness (QED) is 0.0953. The maximum Gasteiger partial charge on any atom is 0.207 e. The van der Waals surface area contributed by atoms with Gasteiger partial charge in [-0.1, -0.05) is 84.9 Å². The number of ketones is 1. The van der Waals surface area contributed by atoms with E-state index in [-0.39, 0.29) is 5.11 Å². The predicted molar refractivity (Wildman–Crippen MR) is 188 cm³/mol. The van der Waals surface area contributed by atoms with Crippen molar-refractivity contribution < 1.29 is 34.3 Å². The second-order valence-corrected chi connectivity index (χ2v) is 12.8. The molecule has 6 atom stereocenters. The zero-order chi connectivity index (χ0) is 35.0. The van der Waals surface area contributed by atoms with Crippen LogP contribution in [0.4, 0.5) is 0 Å². The fraction of sp³-hybridized carbons (Fsp3) is 0.263. The molecular formula is C38H39N3O7S. The minimum Gasteiger partial charge on any atom is -0.497 e. The Balaban J connectivity index is 1.43. The lowest BCUT2D eigenvalue weighted by molar-refractivity contribution is -0.112. The van der Waals surface area contributed by atoms with Crippen molar-refractivity contribution in [2.75, 3.05) is 14.2 Å². The summed E-state index contributed by atoms with van der Waals surface area (Å²) in [6.07, 6.45) is -2.83. The third-order valence-corrected chi connectivity index (χ3v) is 9.79. The number of hydrogen-bond acceptors (Lipinski definition) is 9. The van der Waals surface area contributed by atoms with Crippen LogP contribution in [-0.2, 0) is 10.2 Å². The SMILES string of the molecule is COc1ccc(C(c2ccccc2)(c2ccc(OC)cc2)C(O)[C@H]2O[C@@H](N3C=CC(N)(C(=O)c4ccccc4)NC3=S)[C@](C)(O)[C@@H]2O)cc1. The number of ether oxygens (including phenoxy) is 3. The zero-order valence-corrected chi connectivity index (χ0v) is 28.1. The van der Waals surface area contributed by atoms with Gasteiger partial charge in [-0.25, -0.2) is 0 Å². The van der Waals surface area contributed by atoms with E-state index in [1.54, 1.807) is 68.8 Å². The summed E-state index contributed by atoms with van der Waals surface area (Å²) in [7, 11) is 3.15. The Bertz CT molecular complexity index is 1770. The van der Waals surface area contributed by atoms with Gasteiger partial charge in [-0.15, -0.1) is 0 Å². The molecule has 2 aliphatic heterocycles. The van der Waals surface area contributed by atoms with Crippen molar-refractivity contribution in [2.24, 2.45) is 5.73 Å². The second kappa shape index (κ2) is 13.4. The Labute approximate surface area is 290 Å². The lowest BCUT2D eigenvalue weighted by atomic mass is 9.63. The van der Waals surface area contributed by atoms with Crippen LogP contribution in [0.1, 0.15) is 34.0 Å². The fourth-order valence-electron chi connectivity index (χ4n) is 6.80. The average Bonchev–Trinajstić information content (AvgIpc) is 3.37. The van der Waals surface area contributed by atoms with Gasteiger partial charge in [-0.05, 0) is 66.2 Å². The molecule has 10 nitrogen and oxygen atoms in total. The van der Waals surface area contributed by atoms with Gasteiger partial charge in [0.25, 0.3) is 0 Å². The zero-order valence-electron chi connectivity index (χ0n) is 27.3. The first kappa shape index (κ1) is 34.3. The smallest absolute Gasteiger partial charge is 0.207 e. The highest BCUT2D eigenvalue weighted by Crippen LogP contribution is 2.48. The lowest BCUT2D eigenvalue weighted by Gasteiger charge is -2.43. The molecule has 2 aliphatic rings. The summed E-state index contributed by atoms with van der Waals surface area (Å²) in [6.45, 7) is 1.41. The van der Waals surface area contributed by atoms with Crippen LogP contribution in [0.5, 0.6) is 11.5 Å². The van der Waals surface area contributed by atoms with Crippen LogP contribution in [-0.4, -0.2) is 81.1 Å². The van der Waals surface area contributed by atoms with Crippen molar-refractivity contribution in [1.29, 1.82) is 0 Å². The van der Waals surface area contributed by atoms with Gasteiger partial charge in [-0.2, -0.15) is 0 Å². The summed E-state index contributed by atoms with van der Waals surface area (Å²) >= 11 is 5.65. The summed E-state index contributed by atoms with van der Waals surface area (Å²) in [5.74, 6) is 0.829. The van der Waals surface area contributed by atoms with Gasteiger partial charge >= 0.3 is 0 Å². The number of aliphatic hydroxyl groups is 3. The summed E-state index contributed by atoms with van der Waals surface area (Å²) in [4.78, 5) is 14.7. The highest BCUT2D eigenvalue weighted by molar-refractivity contribution is 7.80. The van der Waals surface area contributed by atoms with E-state index >= 15 is 0 Å². The fourth-order valence-corrected chi connectivity index (χ4v) is 7.12. The molecule has 49 heavy (non-hydrogen) atoms. The molecule has 254 valence electrons. The molecule has 4 aromatic rings. The third kappa shape index (κ3) is 5.88.